The largest absolute Gasteiger partial charge is 0.449 e. The fraction of sp³-hybridized carbons (Fsp3) is 0.357. The second-order valence-electron chi connectivity index (χ2n) is 5.33. The first kappa shape index (κ1) is 17.7. The third-order valence-electron chi connectivity index (χ3n) is 3.47. The Labute approximate surface area is 138 Å². The van der Waals surface area contributed by atoms with E-state index in [2.05, 4.69) is 0 Å². The number of urea groups is 1. The van der Waals surface area contributed by atoms with Gasteiger partial charge in [-0.2, -0.15) is 0 Å². The summed E-state index contributed by atoms with van der Waals surface area (Å²) in [7, 11) is -3.37. The molecule has 0 saturated heterocycles. The summed E-state index contributed by atoms with van der Waals surface area (Å²) in [5.74, 6) is -1.59. The average Bonchev–Trinajstić information content (AvgIpc) is 2.89. The number of hydrogen-bond acceptors (Lipinski definition) is 6. The maximum atomic E-state index is 12.1. The molecule has 0 radical (unpaired) electrons. The van der Waals surface area contributed by atoms with Crippen molar-refractivity contribution in [1.82, 2.24) is 5.32 Å². The number of nitrogens with zero attached hydrogens (tertiary/aromatic N) is 1. The Bertz CT molecular complexity index is 805. The average molecular weight is 355 g/mol. The standard InChI is InChI=1S/C14H17N3O6S/c1-8(12(18)16-14(15)20)23-13(19)10-3-4-11-9(7-10)5-6-17(11)24(2,21)22/h3-4,7-8H,5-6H2,1-2H3,(H3,15,16,18,20)/t8-/m0/s1. The molecule has 0 spiro atoms. The van der Waals surface area contributed by atoms with Gasteiger partial charge < -0.3 is 10.5 Å². The Morgan fingerprint density at radius 2 is 2.00 bits per heavy atom. The van der Waals surface area contributed by atoms with Crippen LogP contribution in [0, 0.1) is 0 Å². The number of sulfonamides is 1. The molecule has 130 valence electrons. The number of imide groups is 1. The highest BCUT2D eigenvalue weighted by Gasteiger charge is 2.27. The van der Waals surface area contributed by atoms with Crippen LogP contribution in [-0.4, -0.2) is 45.2 Å². The molecule has 10 heteroatoms. The number of carbonyl (C=O) groups is 3. The quantitative estimate of drug-likeness (QED) is 0.715. The summed E-state index contributed by atoms with van der Waals surface area (Å²) in [6.45, 7) is 1.61. The number of primary amides is 1. The Hall–Kier alpha value is -2.62. The van der Waals surface area contributed by atoms with E-state index in [-0.39, 0.29) is 5.56 Å². The minimum atomic E-state index is -3.37. The topological polar surface area (TPSA) is 136 Å². The van der Waals surface area contributed by atoms with Gasteiger partial charge in [-0.15, -0.1) is 0 Å². The molecule has 2 rings (SSSR count). The monoisotopic (exact) mass is 355 g/mol. The van der Waals surface area contributed by atoms with Gasteiger partial charge in [0.25, 0.3) is 5.91 Å². The zero-order chi connectivity index (χ0) is 18.1. The molecule has 0 saturated carbocycles. The van der Waals surface area contributed by atoms with E-state index in [1.165, 1.54) is 29.4 Å². The van der Waals surface area contributed by atoms with Crippen LogP contribution in [0.3, 0.4) is 0 Å². The number of amides is 3. The molecule has 0 aliphatic carbocycles. The van der Waals surface area contributed by atoms with E-state index in [9.17, 15) is 22.8 Å². The van der Waals surface area contributed by atoms with Crippen molar-refractivity contribution < 1.29 is 27.5 Å². The van der Waals surface area contributed by atoms with E-state index in [4.69, 9.17) is 10.5 Å². The first-order valence-corrected chi connectivity index (χ1v) is 8.86. The van der Waals surface area contributed by atoms with Crippen molar-refractivity contribution in [3.63, 3.8) is 0 Å². The summed E-state index contributed by atoms with van der Waals surface area (Å²) in [5.41, 5.74) is 6.22. The number of nitrogens with one attached hydrogen (secondary N) is 1. The lowest BCUT2D eigenvalue weighted by Crippen LogP contribution is -2.42. The van der Waals surface area contributed by atoms with Crippen LogP contribution in [0.25, 0.3) is 0 Å². The fourth-order valence-electron chi connectivity index (χ4n) is 2.35. The van der Waals surface area contributed by atoms with Crippen LogP contribution in [0.5, 0.6) is 0 Å². The lowest BCUT2D eigenvalue weighted by atomic mass is 10.1. The van der Waals surface area contributed by atoms with Crippen LogP contribution < -0.4 is 15.4 Å². The van der Waals surface area contributed by atoms with E-state index < -0.39 is 34.0 Å². The molecule has 1 aromatic carbocycles. The van der Waals surface area contributed by atoms with Gasteiger partial charge in [0.15, 0.2) is 6.10 Å². The number of fused-ring (bicyclic) bond motifs is 1. The lowest BCUT2D eigenvalue weighted by molar-refractivity contribution is -0.127. The van der Waals surface area contributed by atoms with Gasteiger partial charge in [-0.1, -0.05) is 0 Å². The summed E-state index contributed by atoms with van der Waals surface area (Å²) in [5, 5.41) is 1.81. The predicted octanol–water partition coefficient (Wildman–Crippen LogP) is -0.251. The van der Waals surface area contributed by atoms with Gasteiger partial charge in [0.1, 0.15) is 0 Å². The third-order valence-corrected chi connectivity index (χ3v) is 4.65. The van der Waals surface area contributed by atoms with Crippen LogP contribution in [0.2, 0.25) is 0 Å². The van der Waals surface area contributed by atoms with Crippen LogP contribution >= 0.6 is 0 Å². The van der Waals surface area contributed by atoms with Crippen LogP contribution in [-0.2, 0) is 26.0 Å². The summed E-state index contributed by atoms with van der Waals surface area (Å²) < 4.78 is 29.6. The van der Waals surface area contributed by atoms with E-state index in [1.54, 1.807) is 0 Å². The zero-order valence-electron chi connectivity index (χ0n) is 13.1. The molecular formula is C14H17N3O6S. The first-order valence-electron chi connectivity index (χ1n) is 7.01. The number of nitrogens with two attached hydrogens (primary N) is 1. The highest BCUT2D eigenvalue weighted by molar-refractivity contribution is 7.92. The maximum absolute atomic E-state index is 12.1. The van der Waals surface area contributed by atoms with Crippen molar-refractivity contribution in [3.8, 4) is 0 Å². The van der Waals surface area contributed by atoms with E-state index in [0.29, 0.717) is 24.2 Å². The van der Waals surface area contributed by atoms with E-state index in [0.717, 1.165) is 6.26 Å². The number of carbonyl (C=O) groups excluding carboxylic acids is 3. The molecule has 0 aromatic heterocycles. The Balaban J connectivity index is 2.13. The van der Waals surface area contributed by atoms with Crippen molar-refractivity contribution in [2.24, 2.45) is 5.73 Å². The Kier molecular flexibility index (Phi) is 4.78. The van der Waals surface area contributed by atoms with Crippen LogP contribution in [0.15, 0.2) is 18.2 Å². The Morgan fingerprint density at radius 1 is 1.33 bits per heavy atom. The molecule has 0 unspecified atom stereocenters. The number of benzene rings is 1. The molecule has 1 aromatic rings. The normalized spacial score (nSPS) is 14.7. The second-order valence-corrected chi connectivity index (χ2v) is 7.24. The molecule has 9 nitrogen and oxygen atoms in total. The van der Waals surface area contributed by atoms with E-state index in [1.807, 2.05) is 5.32 Å². The van der Waals surface area contributed by atoms with Crippen molar-refractivity contribution in [2.45, 2.75) is 19.4 Å². The summed E-state index contributed by atoms with van der Waals surface area (Å²) in [6.07, 6.45) is 0.385. The van der Waals surface area contributed by atoms with Gasteiger partial charge in [-0.05, 0) is 37.1 Å². The van der Waals surface area contributed by atoms with Gasteiger partial charge >= 0.3 is 12.0 Å². The lowest BCUT2D eigenvalue weighted by Gasteiger charge is -2.16. The molecule has 1 atom stereocenters. The number of rotatable bonds is 4. The first-order chi connectivity index (χ1) is 11.1. The maximum Gasteiger partial charge on any atom is 0.338 e. The second kappa shape index (κ2) is 6.48. The smallest absolute Gasteiger partial charge is 0.338 e. The molecule has 3 N–H and O–H groups in total. The molecular weight excluding hydrogens is 338 g/mol. The highest BCUT2D eigenvalue weighted by atomic mass is 32.2. The zero-order valence-corrected chi connectivity index (χ0v) is 13.9. The number of ether oxygens (including phenoxy) is 1. The van der Waals surface area contributed by atoms with Crippen molar-refractivity contribution in [2.75, 3.05) is 17.1 Å². The molecule has 3 amide bonds. The van der Waals surface area contributed by atoms with Gasteiger partial charge in [-0.25, -0.2) is 18.0 Å². The molecule has 24 heavy (non-hydrogen) atoms. The summed E-state index contributed by atoms with van der Waals surface area (Å²) in [6, 6.07) is 3.43. The van der Waals surface area contributed by atoms with Gasteiger partial charge in [0.2, 0.25) is 10.0 Å². The third kappa shape index (κ3) is 3.82. The number of hydrogen-bond donors (Lipinski definition) is 2. The SMILES string of the molecule is C[C@H](OC(=O)c1ccc2c(c1)CCN2S(C)(=O)=O)C(=O)NC(N)=O. The minimum Gasteiger partial charge on any atom is -0.449 e. The van der Waals surface area contributed by atoms with Crippen molar-refractivity contribution >= 4 is 33.6 Å². The van der Waals surface area contributed by atoms with Crippen molar-refractivity contribution in [1.29, 1.82) is 0 Å². The molecule has 1 aliphatic heterocycles. The fourth-order valence-corrected chi connectivity index (χ4v) is 3.31. The van der Waals surface area contributed by atoms with Gasteiger partial charge in [0, 0.05) is 6.54 Å². The van der Waals surface area contributed by atoms with Gasteiger partial charge in [0.05, 0.1) is 17.5 Å². The highest BCUT2D eigenvalue weighted by Crippen LogP contribution is 2.30. The van der Waals surface area contributed by atoms with E-state index >= 15 is 0 Å². The number of esters is 1. The molecule has 0 fully saturated rings. The van der Waals surface area contributed by atoms with Crippen LogP contribution in [0.1, 0.15) is 22.8 Å². The van der Waals surface area contributed by atoms with Crippen molar-refractivity contribution in [3.05, 3.63) is 29.3 Å². The minimum absolute atomic E-state index is 0.183. The number of anilines is 1. The summed E-state index contributed by atoms with van der Waals surface area (Å²) in [4.78, 5) is 34.2. The molecule has 1 aliphatic rings. The Morgan fingerprint density at radius 3 is 2.58 bits per heavy atom. The summed E-state index contributed by atoms with van der Waals surface area (Å²) >= 11 is 0. The van der Waals surface area contributed by atoms with Crippen LogP contribution in [0.4, 0.5) is 10.5 Å². The predicted molar refractivity (Wildman–Crippen MR) is 84.9 cm³/mol. The molecule has 0 bridgehead atoms. The molecule has 1 heterocycles. The van der Waals surface area contributed by atoms with Gasteiger partial charge in [-0.3, -0.25) is 14.4 Å².